The normalized spacial score (nSPS) is 18.5. The Kier molecular flexibility index (Phi) is 5.40. The average Bonchev–Trinajstić information content (AvgIpc) is 3.03. The van der Waals surface area contributed by atoms with Gasteiger partial charge in [0.25, 0.3) is 0 Å². The van der Waals surface area contributed by atoms with Crippen molar-refractivity contribution in [3.63, 3.8) is 0 Å². The molecule has 0 radical (unpaired) electrons. The molecule has 118 valence electrons. The van der Waals surface area contributed by atoms with Gasteiger partial charge in [-0.25, -0.2) is 4.79 Å². The maximum atomic E-state index is 12.0. The van der Waals surface area contributed by atoms with Crippen LogP contribution in [-0.4, -0.2) is 57.0 Å². The monoisotopic (exact) mass is 329 g/mol. The fourth-order valence-corrected chi connectivity index (χ4v) is 4.63. The molecule has 2 N–H and O–H groups in total. The molecule has 5 nitrogen and oxygen atoms in total. The molecule has 1 unspecified atom stereocenters. The number of hydrogen-bond acceptors (Lipinski definition) is 7. The van der Waals surface area contributed by atoms with Gasteiger partial charge in [-0.1, -0.05) is 0 Å². The third kappa shape index (κ3) is 3.30. The smallest absolute Gasteiger partial charge is 0.350 e. The van der Waals surface area contributed by atoms with Crippen LogP contribution in [0.25, 0.3) is 0 Å². The summed E-state index contributed by atoms with van der Waals surface area (Å²) in [6.45, 7) is 4.15. The van der Waals surface area contributed by atoms with Gasteiger partial charge in [0.2, 0.25) is 0 Å². The lowest BCUT2D eigenvalue weighted by molar-refractivity contribution is 0.0533. The number of rotatable bonds is 5. The van der Waals surface area contributed by atoms with Gasteiger partial charge in [0.05, 0.1) is 17.2 Å². The van der Waals surface area contributed by atoms with Crippen LogP contribution in [0.3, 0.4) is 0 Å². The van der Waals surface area contributed by atoms with E-state index in [0.29, 0.717) is 23.2 Å². The molecular weight excluding hydrogens is 306 g/mol. The summed E-state index contributed by atoms with van der Waals surface area (Å²) in [4.78, 5) is 18.1. The Bertz CT molecular complexity index is 517. The zero-order valence-corrected chi connectivity index (χ0v) is 14.6. The minimum absolute atomic E-state index is 0.315. The van der Waals surface area contributed by atoms with Crippen LogP contribution in [0.4, 0.5) is 10.7 Å². The van der Waals surface area contributed by atoms with Crippen LogP contribution in [0, 0.1) is 0 Å². The molecule has 2 heterocycles. The van der Waals surface area contributed by atoms with E-state index in [9.17, 15) is 4.79 Å². The van der Waals surface area contributed by atoms with Crippen molar-refractivity contribution in [2.24, 2.45) is 0 Å². The van der Waals surface area contributed by atoms with Gasteiger partial charge in [-0.3, -0.25) is 0 Å². The number of nitrogens with zero attached hydrogens (tertiary/aromatic N) is 2. The van der Waals surface area contributed by atoms with Crippen LogP contribution in [0.2, 0.25) is 0 Å². The van der Waals surface area contributed by atoms with E-state index >= 15 is 0 Å². The molecule has 1 atom stereocenters. The number of thiophene rings is 1. The van der Waals surface area contributed by atoms with E-state index in [4.69, 9.17) is 10.5 Å². The molecule has 0 aromatic carbocycles. The quantitative estimate of drug-likeness (QED) is 0.661. The topological polar surface area (TPSA) is 58.8 Å². The highest BCUT2D eigenvalue weighted by molar-refractivity contribution is 7.99. The average molecular weight is 329 g/mol. The predicted molar refractivity (Wildman–Crippen MR) is 90.8 cm³/mol. The molecule has 1 fully saturated rings. The molecule has 2 rings (SSSR count). The Labute approximate surface area is 134 Å². The van der Waals surface area contributed by atoms with Crippen molar-refractivity contribution in [2.75, 3.05) is 50.7 Å². The fourth-order valence-electron chi connectivity index (χ4n) is 2.52. The number of likely N-dealkylation sites (N-methyl/N-ethyl adjacent to an activating group) is 1. The lowest BCUT2D eigenvalue weighted by Gasteiger charge is -2.21. The first-order valence-corrected chi connectivity index (χ1v) is 9.08. The molecule has 21 heavy (non-hydrogen) atoms. The number of hydrogen-bond donors (Lipinski definition) is 1. The van der Waals surface area contributed by atoms with Crippen molar-refractivity contribution in [3.05, 3.63) is 4.88 Å². The molecule has 0 saturated carbocycles. The summed E-state index contributed by atoms with van der Waals surface area (Å²) < 4.78 is 5.10. The van der Waals surface area contributed by atoms with E-state index in [2.05, 4.69) is 23.9 Å². The first kappa shape index (κ1) is 16.5. The van der Waals surface area contributed by atoms with E-state index in [1.165, 1.54) is 11.3 Å². The lowest BCUT2D eigenvalue weighted by atomic mass is 10.2. The van der Waals surface area contributed by atoms with Crippen LogP contribution < -0.4 is 10.6 Å². The molecule has 1 aromatic heterocycles. The molecule has 7 heteroatoms. The second-order valence-corrected chi connectivity index (χ2v) is 7.07. The first-order chi connectivity index (χ1) is 9.99. The third-order valence-corrected chi connectivity index (χ3v) is 5.93. The van der Waals surface area contributed by atoms with Crippen molar-refractivity contribution in [3.8, 4) is 0 Å². The minimum Gasteiger partial charge on any atom is -0.462 e. The van der Waals surface area contributed by atoms with Gasteiger partial charge >= 0.3 is 5.97 Å². The standard InChI is InChI=1S/C14H23N3O2S2/c1-5-19-14(18)12-10(15)11(20-4)13(21-12)17-7-6-9(8-17)16(2)3/h9H,5-8,15H2,1-4H3. The summed E-state index contributed by atoms with van der Waals surface area (Å²) in [7, 11) is 4.22. The number of anilines is 2. The fraction of sp³-hybridized carbons (Fsp3) is 0.643. The van der Waals surface area contributed by atoms with Gasteiger partial charge in [-0.05, 0) is 33.7 Å². The number of carbonyl (C=O) groups is 1. The van der Waals surface area contributed by atoms with Crippen LogP contribution in [0.5, 0.6) is 0 Å². The van der Waals surface area contributed by atoms with Crippen LogP contribution in [-0.2, 0) is 4.74 Å². The van der Waals surface area contributed by atoms with Crippen molar-refractivity contribution >= 4 is 39.8 Å². The maximum absolute atomic E-state index is 12.0. The second-order valence-electron chi connectivity index (χ2n) is 5.26. The third-order valence-electron chi connectivity index (χ3n) is 3.73. The summed E-state index contributed by atoms with van der Waals surface area (Å²) >= 11 is 3.05. The van der Waals surface area contributed by atoms with E-state index in [-0.39, 0.29) is 5.97 Å². The molecule has 1 saturated heterocycles. The summed E-state index contributed by atoms with van der Waals surface area (Å²) in [5, 5.41) is 1.10. The van der Waals surface area contributed by atoms with Gasteiger partial charge in [-0.2, -0.15) is 0 Å². The number of thioether (sulfide) groups is 1. The summed E-state index contributed by atoms with van der Waals surface area (Å²) in [6, 6.07) is 0.550. The Morgan fingerprint density at radius 1 is 1.57 bits per heavy atom. The summed E-state index contributed by atoms with van der Waals surface area (Å²) in [5.74, 6) is -0.315. The molecule has 0 bridgehead atoms. The Balaban J connectivity index is 2.28. The molecule has 1 aromatic rings. The van der Waals surface area contributed by atoms with Gasteiger partial charge in [-0.15, -0.1) is 23.1 Å². The Hall–Kier alpha value is -0.920. The highest BCUT2D eigenvalue weighted by Crippen LogP contribution is 2.45. The van der Waals surface area contributed by atoms with Crippen molar-refractivity contribution in [1.82, 2.24) is 4.90 Å². The van der Waals surface area contributed by atoms with Gasteiger partial charge in [0, 0.05) is 19.1 Å². The molecule has 1 aliphatic heterocycles. The second kappa shape index (κ2) is 6.89. The first-order valence-electron chi connectivity index (χ1n) is 7.04. The molecule has 0 amide bonds. The van der Waals surface area contributed by atoms with Crippen LogP contribution in [0.1, 0.15) is 23.0 Å². The van der Waals surface area contributed by atoms with E-state index in [0.717, 1.165) is 29.4 Å². The zero-order valence-electron chi connectivity index (χ0n) is 13.0. The summed E-state index contributed by atoms with van der Waals surface area (Å²) in [5.41, 5.74) is 6.72. The van der Waals surface area contributed by atoms with Crippen molar-refractivity contribution < 1.29 is 9.53 Å². The van der Waals surface area contributed by atoms with Gasteiger partial charge in [0.15, 0.2) is 0 Å². The maximum Gasteiger partial charge on any atom is 0.350 e. The predicted octanol–water partition coefficient (Wildman–Crippen LogP) is 2.37. The Morgan fingerprint density at radius 2 is 2.29 bits per heavy atom. The Morgan fingerprint density at radius 3 is 2.81 bits per heavy atom. The number of carbonyl (C=O) groups excluding carboxylic acids is 1. The number of nitrogen functional groups attached to an aromatic ring is 1. The van der Waals surface area contributed by atoms with Gasteiger partial charge in [0.1, 0.15) is 9.88 Å². The van der Waals surface area contributed by atoms with Crippen LogP contribution in [0.15, 0.2) is 4.90 Å². The molecule has 0 spiro atoms. The molecule has 0 aliphatic carbocycles. The van der Waals surface area contributed by atoms with Crippen molar-refractivity contribution in [2.45, 2.75) is 24.3 Å². The molecule has 1 aliphatic rings. The number of esters is 1. The lowest BCUT2D eigenvalue weighted by Crippen LogP contribution is -2.31. The van der Waals surface area contributed by atoms with E-state index < -0.39 is 0 Å². The number of ether oxygens (including phenoxy) is 1. The highest BCUT2D eigenvalue weighted by Gasteiger charge is 2.30. The van der Waals surface area contributed by atoms with Gasteiger partial charge < -0.3 is 20.3 Å². The minimum atomic E-state index is -0.315. The summed E-state index contributed by atoms with van der Waals surface area (Å²) in [6.07, 6.45) is 3.13. The zero-order chi connectivity index (χ0) is 15.6. The van der Waals surface area contributed by atoms with E-state index in [1.807, 2.05) is 6.26 Å². The van der Waals surface area contributed by atoms with E-state index in [1.54, 1.807) is 18.7 Å². The molecular formula is C14H23N3O2S2. The van der Waals surface area contributed by atoms with Crippen LogP contribution >= 0.6 is 23.1 Å². The highest BCUT2D eigenvalue weighted by atomic mass is 32.2. The number of nitrogens with two attached hydrogens (primary N) is 1. The largest absolute Gasteiger partial charge is 0.462 e. The van der Waals surface area contributed by atoms with Crippen molar-refractivity contribution in [1.29, 1.82) is 0 Å². The SMILES string of the molecule is CCOC(=O)c1sc(N2CCC(N(C)C)C2)c(SC)c1N.